The topological polar surface area (TPSA) is 64.4 Å². The molecule has 1 rings (SSSR count). The van der Waals surface area contributed by atoms with Crippen LogP contribution in [0, 0.1) is 11.3 Å². The molecule has 0 amide bonds. The first-order chi connectivity index (χ1) is 8.29. The fourth-order valence-electron chi connectivity index (χ4n) is 1.05. The van der Waals surface area contributed by atoms with E-state index in [9.17, 15) is 0 Å². The van der Waals surface area contributed by atoms with E-state index in [0.717, 1.165) is 0 Å². The van der Waals surface area contributed by atoms with E-state index in [0.29, 0.717) is 32.0 Å². The molecule has 6 heteroatoms. The van der Waals surface area contributed by atoms with Crippen molar-refractivity contribution in [1.29, 1.82) is 5.26 Å². The molecule has 0 saturated carbocycles. The number of nitrogens with zero attached hydrogens (tertiary/aromatic N) is 2. The Bertz CT molecular complexity index is 393. The van der Waals surface area contributed by atoms with Crippen LogP contribution in [-0.4, -0.2) is 38.5 Å². The second kappa shape index (κ2) is 7.85. The highest BCUT2D eigenvalue weighted by Crippen LogP contribution is 2.24. The van der Waals surface area contributed by atoms with Crippen LogP contribution in [0.15, 0.2) is 12.3 Å². The number of nitriles is 1. The molecule has 0 fully saturated rings. The van der Waals surface area contributed by atoms with Gasteiger partial charge in [0.1, 0.15) is 17.7 Å². The van der Waals surface area contributed by atoms with E-state index in [-0.39, 0.29) is 10.9 Å². The van der Waals surface area contributed by atoms with E-state index < -0.39 is 0 Å². The van der Waals surface area contributed by atoms with E-state index >= 15 is 0 Å². The first-order valence-electron chi connectivity index (χ1n) is 5.03. The number of aromatic nitrogens is 1. The normalized spacial score (nSPS) is 9.94. The van der Waals surface area contributed by atoms with Crippen molar-refractivity contribution in [2.24, 2.45) is 0 Å². The molecule has 0 aliphatic carbocycles. The molecule has 0 N–H and O–H groups in total. The average molecular weight is 257 g/mol. The highest BCUT2D eigenvalue weighted by molar-refractivity contribution is 6.32. The minimum absolute atomic E-state index is 0.229. The zero-order valence-electron chi connectivity index (χ0n) is 9.48. The number of hydrogen-bond donors (Lipinski definition) is 0. The van der Waals surface area contributed by atoms with Gasteiger partial charge in [-0.25, -0.2) is 4.98 Å². The van der Waals surface area contributed by atoms with Gasteiger partial charge in [0.25, 0.3) is 0 Å². The summed E-state index contributed by atoms with van der Waals surface area (Å²) in [5.74, 6) is 0.251. The Morgan fingerprint density at radius 3 is 2.82 bits per heavy atom. The average Bonchev–Trinajstić information content (AvgIpc) is 2.35. The molecule has 0 unspecified atom stereocenters. The predicted octanol–water partition coefficient (Wildman–Crippen LogP) is 1.65. The SMILES string of the molecule is COCCOCCOc1nccc(C#N)c1Cl. The molecule has 0 atom stereocenters. The van der Waals surface area contributed by atoms with Gasteiger partial charge in [-0.15, -0.1) is 0 Å². The number of halogens is 1. The third-order valence-electron chi connectivity index (χ3n) is 1.88. The third kappa shape index (κ3) is 4.57. The van der Waals surface area contributed by atoms with E-state index in [1.54, 1.807) is 7.11 Å². The van der Waals surface area contributed by atoms with Gasteiger partial charge in [-0.05, 0) is 6.07 Å². The zero-order valence-corrected chi connectivity index (χ0v) is 10.2. The monoisotopic (exact) mass is 256 g/mol. The van der Waals surface area contributed by atoms with E-state index in [1.165, 1.54) is 12.3 Å². The summed E-state index contributed by atoms with van der Waals surface area (Å²) in [5.41, 5.74) is 0.344. The molecule has 0 aliphatic heterocycles. The zero-order chi connectivity index (χ0) is 12.5. The smallest absolute Gasteiger partial charge is 0.234 e. The summed E-state index contributed by atoms with van der Waals surface area (Å²) in [4.78, 5) is 3.94. The molecule has 1 aromatic rings. The Hall–Kier alpha value is -1.35. The summed E-state index contributed by atoms with van der Waals surface area (Å²) >= 11 is 5.90. The van der Waals surface area contributed by atoms with Crippen molar-refractivity contribution in [2.45, 2.75) is 0 Å². The molecule has 0 saturated heterocycles. The number of methoxy groups -OCH3 is 1. The summed E-state index contributed by atoms with van der Waals surface area (Å²) in [7, 11) is 1.61. The van der Waals surface area contributed by atoms with Gasteiger partial charge in [-0.3, -0.25) is 0 Å². The highest BCUT2D eigenvalue weighted by Gasteiger charge is 2.07. The molecule has 0 aliphatic rings. The van der Waals surface area contributed by atoms with Crippen LogP contribution in [0.25, 0.3) is 0 Å². The van der Waals surface area contributed by atoms with Gasteiger partial charge in [0.05, 0.1) is 25.4 Å². The van der Waals surface area contributed by atoms with Crippen molar-refractivity contribution in [1.82, 2.24) is 4.98 Å². The van der Waals surface area contributed by atoms with Gasteiger partial charge in [0.2, 0.25) is 5.88 Å². The van der Waals surface area contributed by atoms with Crippen LogP contribution in [0.5, 0.6) is 5.88 Å². The van der Waals surface area contributed by atoms with E-state index in [2.05, 4.69) is 4.98 Å². The predicted molar refractivity (Wildman–Crippen MR) is 62.2 cm³/mol. The molecule has 0 radical (unpaired) electrons. The Morgan fingerprint density at radius 1 is 1.35 bits per heavy atom. The largest absolute Gasteiger partial charge is 0.474 e. The third-order valence-corrected chi connectivity index (χ3v) is 2.24. The summed E-state index contributed by atoms with van der Waals surface area (Å²) in [6, 6.07) is 3.49. The first-order valence-corrected chi connectivity index (χ1v) is 5.41. The lowest BCUT2D eigenvalue weighted by Crippen LogP contribution is -2.10. The van der Waals surface area contributed by atoms with Gasteiger partial charge in [0.15, 0.2) is 0 Å². The van der Waals surface area contributed by atoms with Crippen molar-refractivity contribution in [3.63, 3.8) is 0 Å². The van der Waals surface area contributed by atoms with Crippen molar-refractivity contribution < 1.29 is 14.2 Å². The minimum atomic E-state index is 0.229. The van der Waals surface area contributed by atoms with Gasteiger partial charge in [-0.2, -0.15) is 5.26 Å². The number of ether oxygens (including phenoxy) is 3. The molecule has 0 bridgehead atoms. The van der Waals surface area contributed by atoms with Crippen LogP contribution in [-0.2, 0) is 9.47 Å². The maximum atomic E-state index is 8.76. The summed E-state index contributed by atoms with van der Waals surface area (Å²) < 4.78 is 15.3. The van der Waals surface area contributed by atoms with Crippen molar-refractivity contribution in [3.05, 3.63) is 22.8 Å². The molecular formula is C11H13ClN2O3. The maximum absolute atomic E-state index is 8.76. The van der Waals surface area contributed by atoms with Gasteiger partial charge in [0, 0.05) is 13.3 Å². The number of rotatable bonds is 7. The Morgan fingerprint density at radius 2 is 2.12 bits per heavy atom. The molecule has 1 heterocycles. The molecule has 17 heavy (non-hydrogen) atoms. The standard InChI is InChI=1S/C11H13ClN2O3/c1-15-4-5-16-6-7-17-11-10(12)9(8-13)2-3-14-11/h2-3H,4-7H2,1H3. The Labute approximate surface area is 105 Å². The Balaban J connectivity index is 2.35. The van der Waals surface area contributed by atoms with Crippen LogP contribution in [0.3, 0.4) is 0 Å². The lowest BCUT2D eigenvalue weighted by Gasteiger charge is -2.07. The fraction of sp³-hybridized carbons (Fsp3) is 0.455. The van der Waals surface area contributed by atoms with Crippen molar-refractivity contribution in [3.8, 4) is 11.9 Å². The van der Waals surface area contributed by atoms with Crippen LogP contribution in [0.1, 0.15) is 5.56 Å². The molecule has 0 aromatic carbocycles. The minimum Gasteiger partial charge on any atom is -0.474 e. The van der Waals surface area contributed by atoms with Gasteiger partial charge >= 0.3 is 0 Å². The van der Waals surface area contributed by atoms with Crippen molar-refractivity contribution >= 4 is 11.6 Å². The molecule has 92 valence electrons. The van der Waals surface area contributed by atoms with E-state index in [1.807, 2.05) is 6.07 Å². The second-order valence-corrected chi connectivity index (χ2v) is 3.42. The number of hydrogen-bond acceptors (Lipinski definition) is 5. The molecular weight excluding hydrogens is 244 g/mol. The second-order valence-electron chi connectivity index (χ2n) is 3.04. The van der Waals surface area contributed by atoms with Crippen LogP contribution in [0.4, 0.5) is 0 Å². The lowest BCUT2D eigenvalue weighted by molar-refractivity contribution is 0.0537. The van der Waals surface area contributed by atoms with E-state index in [4.69, 9.17) is 31.1 Å². The summed E-state index contributed by atoms with van der Waals surface area (Å²) in [6.07, 6.45) is 1.48. The molecule has 1 aromatic heterocycles. The van der Waals surface area contributed by atoms with Crippen LogP contribution < -0.4 is 4.74 Å². The van der Waals surface area contributed by atoms with Crippen molar-refractivity contribution in [2.75, 3.05) is 33.5 Å². The van der Waals surface area contributed by atoms with Crippen LogP contribution >= 0.6 is 11.6 Å². The first kappa shape index (κ1) is 13.7. The maximum Gasteiger partial charge on any atom is 0.234 e. The lowest BCUT2D eigenvalue weighted by atomic mass is 10.3. The molecule has 5 nitrogen and oxygen atoms in total. The summed E-state index contributed by atoms with van der Waals surface area (Å²) in [5, 5.41) is 8.98. The van der Waals surface area contributed by atoms with Gasteiger partial charge < -0.3 is 14.2 Å². The Kier molecular flexibility index (Phi) is 6.33. The van der Waals surface area contributed by atoms with Gasteiger partial charge in [-0.1, -0.05) is 11.6 Å². The number of pyridine rings is 1. The molecule has 0 spiro atoms. The van der Waals surface area contributed by atoms with Crippen LogP contribution in [0.2, 0.25) is 5.02 Å². The quantitative estimate of drug-likeness (QED) is 0.694. The fourth-order valence-corrected chi connectivity index (χ4v) is 1.26. The summed E-state index contributed by atoms with van der Waals surface area (Å²) in [6.45, 7) is 1.80. The highest BCUT2D eigenvalue weighted by atomic mass is 35.5.